The Bertz CT molecular complexity index is 1170. The second kappa shape index (κ2) is 9.57. The van der Waals surface area contributed by atoms with E-state index >= 15 is 0 Å². The molecule has 0 unspecified atom stereocenters. The molecular formula is C22H24N2O6S. The summed E-state index contributed by atoms with van der Waals surface area (Å²) in [6.07, 6.45) is 1.74. The number of rotatable bonds is 8. The van der Waals surface area contributed by atoms with Crippen molar-refractivity contribution in [1.82, 2.24) is 4.57 Å². The van der Waals surface area contributed by atoms with Crippen LogP contribution in [0.1, 0.15) is 10.4 Å². The van der Waals surface area contributed by atoms with Gasteiger partial charge in [-0.2, -0.15) is 4.99 Å². The number of hydrogen-bond acceptors (Lipinski definition) is 7. The lowest BCUT2D eigenvalue weighted by Gasteiger charge is -2.12. The lowest BCUT2D eigenvalue weighted by Crippen LogP contribution is -2.16. The maximum Gasteiger partial charge on any atom is 0.279 e. The van der Waals surface area contributed by atoms with Gasteiger partial charge in [0.25, 0.3) is 5.91 Å². The van der Waals surface area contributed by atoms with Crippen LogP contribution in [0.25, 0.3) is 10.2 Å². The first-order valence-corrected chi connectivity index (χ1v) is 10.1. The van der Waals surface area contributed by atoms with Gasteiger partial charge >= 0.3 is 0 Å². The van der Waals surface area contributed by atoms with Crippen LogP contribution < -0.4 is 28.5 Å². The first-order valence-electron chi connectivity index (χ1n) is 9.26. The van der Waals surface area contributed by atoms with Crippen LogP contribution in [0.15, 0.2) is 41.9 Å². The highest BCUT2D eigenvalue weighted by molar-refractivity contribution is 7.16. The lowest BCUT2D eigenvalue weighted by atomic mass is 10.1. The molecule has 164 valence electrons. The Kier molecular flexibility index (Phi) is 6.86. The van der Waals surface area contributed by atoms with Gasteiger partial charge in [-0.25, -0.2) is 0 Å². The fourth-order valence-corrected chi connectivity index (χ4v) is 4.19. The number of hydrogen-bond donors (Lipinski definition) is 0. The minimum atomic E-state index is -0.442. The largest absolute Gasteiger partial charge is 0.493 e. The standard InChI is InChI=1S/C22H24N2O6S/c1-7-8-24-14-11-15(26-2)16(27-3)12-19(14)31-22(24)23-21(25)13-9-17(28-4)20(30-6)18(10-13)29-5/h7,9-12H,1,8H2,2-6H3. The Labute approximate surface area is 183 Å². The van der Waals surface area contributed by atoms with Gasteiger partial charge in [-0.05, 0) is 12.1 Å². The second-order valence-corrected chi connectivity index (χ2v) is 7.30. The van der Waals surface area contributed by atoms with Crippen molar-refractivity contribution >= 4 is 27.5 Å². The van der Waals surface area contributed by atoms with E-state index in [4.69, 9.17) is 23.7 Å². The van der Waals surface area contributed by atoms with Gasteiger partial charge < -0.3 is 28.3 Å². The molecule has 0 saturated heterocycles. The zero-order valence-electron chi connectivity index (χ0n) is 18.1. The number of nitrogens with zero attached hydrogens (tertiary/aromatic N) is 2. The number of carbonyl (C=O) groups is 1. The molecule has 1 amide bonds. The van der Waals surface area contributed by atoms with Gasteiger partial charge in [-0.15, -0.1) is 6.58 Å². The quantitative estimate of drug-likeness (QED) is 0.493. The number of thiazole rings is 1. The van der Waals surface area contributed by atoms with E-state index in [0.717, 1.165) is 10.2 Å². The van der Waals surface area contributed by atoms with Crippen LogP contribution in [0.4, 0.5) is 0 Å². The normalized spacial score (nSPS) is 11.3. The topological polar surface area (TPSA) is 80.5 Å². The predicted octanol–water partition coefficient (Wildman–Crippen LogP) is 3.67. The Hall–Kier alpha value is -3.46. The molecule has 1 heterocycles. The van der Waals surface area contributed by atoms with E-state index < -0.39 is 5.91 Å². The van der Waals surface area contributed by atoms with Crippen LogP contribution in [0.3, 0.4) is 0 Å². The summed E-state index contributed by atoms with van der Waals surface area (Å²) in [6, 6.07) is 6.87. The minimum Gasteiger partial charge on any atom is -0.493 e. The molecule has 1 aromatic heterocycles. The van der Waals surface area contributed by atoms with Crippen LogP contribution in [-0.2, 0) is 6.54 Å². The van der Waals surface area contributed by atoms with Crippen molar-refractivity contribution in [2.45, 2.75) is 6.54 Å². The van der Waals surface area contributed by atoms with E-state index in [9.17, 15) is 4.79 Å². The van der Waals surface area contributed by atoms with E-state index in [1.54, 1.807) is 32.4 Å². The predicted molar refractivity (Wildman–Crippen MR) is 119 cm³/mol. The molecule has 0 aliphatic rings. The maximum atomic E-state index is 13.0. The fourth-order valence-electron chi connectivity index (χ4n) is 3.14. The number of aromatic nitrogens is 1. The van der Waals surface area contributed by atoms with Gasteiger partial charge in [0.15, 0.2) is 27.8 Å². The molecule has 9 heteroatoms. The van der Waals surface area contributed by atoms with E-state index in [-0.39, 0.29) is 0 Å². The van der Waals surface area contributed by atoms with Gasteiger partial charge in [0.05, 0.1) is 45.8 Å². The molecule has 2 aromatic carbocycles. The van der Waals surface area contributed by atoms with Gasteiger partial charge in [0, 0.05) is 24.2 Å². The monoisotopic (exact) mass is 444 g/mol. The average molecular weight is 445 g/mol. The zero-order valence-corrected chi connectivity index (χ0v) is 18.9. The molecule has 0 aliphatic heterocycles. The highest BCUT2D eigenvalue weighted by Crippen LogP contribution is 2.38. The van der Waals surface area contributed by atoms with Crippen LogP contribution in [0, 0.1) is 0 Å². The third-order valence-electron chi connectivity index (χ3n) is 4.61. The van der Waals surface area contributed by atoms with E-state index in [2.05, 4.69) is 11.6 Å². The van der Waals surface area contributed by atoms with E-state index in [1.165, 1.54) is 32.7 Å². The van der Waals surface area contributed by atoms with Crippen LogP contribution >= 0.6 is 11.3 Å². The molecule has 0 fully saturated rings. The van der Waals surface area contributed by atoms with Crippen molar-refractivity contribution in [3.63, 3.8) is 0 Å². The van der Waals surface area contributed by atoms with Crippen LogP contribution in [-0.4, -0.2) is 46.0 Å². The first kappa shape index (κ1) is 22.2. The minimum absolute atomic E-state index is 0.312. The summed E-state index contributed by atoms with van der Waals surface area (Å²) in [7, 11) is 7.65. The van der Waals surface area contributed by atoms with Gasteiger partial charge in [0.1, 0.15) is 0 Å². The molecule has 0 spiro atoms. The van der Waals surface area contributed by atoms with E-state index in [1.807, 2.05) is 16.7 Å². The Balaban J connectivity index is 2.18. The molecule has 0 bridgehead atoms. The van der Waals surface area contributed by atoms with Crippen LogP contribution in [0.5, 0.6) is 28.7 Å². The Morgan fingerprint density at radius 1 is 0.935 bits per heavy atom. The number of carbonyl (C=O) groups excluding carboxylic acids is 1. The highest BCUT2D eigenvalue weighted by Gasteiger charge is 2.18. The molecule has 8 nitrogen and oxygen atoms in total. The zero-order chi connectivity index (χ0) is 22.5. The van der Waals surface area contributed by atoms with Gasteiger partial charge in [-0.3, -0.25) is 4.79 Å². The second-order valence-electron chi connectivity index (χ2n) is 6.29. The van der Waals surface area contributed by atoms with Crippen molar-refractivity contribution in [3.05, 3.63) is 47.3 Å². The summed E-state index contributed by atoms with van der Waals surface area (Å²) in [6.45, 7) is 4.28. The summed E-state index contributed by atoms with van der Waals surface area (Å²) >= 11 is 1.37. The Morgan fingerprint density at radius 2 is 1.52 bits per heavy atom. The lowest BCUT2D eigenvalue weighted by molar-refractivity contribution is 0.0997. The number of benzene rings is 2. The highest BCUT2D eigenvalue weighted by atomic mass is 32.1. The van der Waals surface area contributed by atoms with Gasteiger partial charge in [0.2, 0.25) is 5.75 Å². The molecule has 31 heavy (non-hydrogen) atoms. The summed E-state index contributed by atoms with van der Waals surface area (Å²) in [5, 5.41) is 0. The van der Waals surface area contributed by atoms with Crippen LogP contribution in [0.2, 0.25) is 0 Å². The van der Waals surface area contributed by atoms with Crippen molar-refractivity contribution in [2.24, 2.45) is 4.99 Å². The SMILES string of the molecule is C=CCn1c(=NC(=O)c2cc(OC)c(OC)c(OC)c2)sc2cc(OC)c(OC)cc21. The molecule has 0 saturated carbocycles. The molecule has 0 N–H and O–H groups in total. The molecule has 3 rings (SSSR count). The van der Waals surface area contributed by atoms with Crippen molar-refractivity contribution < 1.29 is 28.5 Å². The number of allylic oxidation sites excluding steroid dienone is 1. The third kappa shape index (κ3) is 4.22. The Morgan fingerprint density at radius 3 is 2.03 bits per heavy atom. The van der Waals surface area contributed by atoms with Gasteiger partial charge in [-0.1, -0.05) is 17.4 Å². The molecule has 0 radical (unpaired) electrons. The number of ether oxygens (including phenoxy) is 5. The fraction of sp³-hybridized carbons (Fsp3) is 0.273. The summed E-state index contributed by atoms with van der Waals surface area (Å²) < 4.78 is 29.6. The molecule has 0 atom stereocenters. The number of amides is 1. The number of methoxy groups -OCH3 is 5. The maximum absolute atomic E-state index is 13.0. The third-order valence-corrected chi connectivity index (χ3v) is 5.65. The molecule has 3 aromatic rings. The molecule has 0 aliphatic carbocycles. The summed E-state index contributed by atoms with van der Waals surface area (Å²) in [4.78, 5) is 17.9. The smallest absolute Gasteiger partial charge is 0.279 e. The van der Waals surface area contributed by atoms with Crippen molar-refractivity contribution in [2.75, 3.05) is 35.5 Å². The summed E-state index contributed by atoms with van der Waals surface area (Å²) in [5.41, 5.74) is 1.17. The van der Waals surface area contributed by atoms with Crippen molar-refractivity contribution in [1.29, 1.82) is 0 Å². The van der Waals surface area contributed by atoms with E-state index in [0.29, 0.717) is 45.7 Å². The summed E-state index contributed by atoms with van der Waals surface area (Å²) in [5.74, 6) is 1.92. The number of fused-ring (bicyclic) bond motifs is 1. The first-order chi connectivity index (χ1) is 15.0. The average Bonchev–Trinajstić information content (AvgIpc) is 3.12. The van der Waals surface area contributed by atoms with Crippen molar-refractivity contribution in [3.8, 4) is 28.7 Å². The molecular weight excluding hydrogens is 420 g/mol.